The predicted octanol–water partition coefficient (Wildman–Crippen LogP) is 2.50. The van der Waals surface area contributed by atoms with Crippen LogP contribution in [0.1, 0.15) is 36.0 Å². The van der Waals surface area contributed by atoms with E-state index >= 15 is 0 Å². The lowest BCUT2D eigenvalue weighted by Gasteiger charge is -2.38. The molecule has 0 atom stereocenters. The summed E-state index contributed by atoms with van der Waals surface area (Å²) in [6.45, 7) is 3.95. The van der Waals surface area contributed by atoms with Crippen LogP contribution in [0.15, 0.2) is 36.4 Å². The maximum atomic E-state index is 13.0. The van der Waals surface area contributed by atoms with E-state index in [9.17, 15) is 13.2 Å². The zero-order valence-electron chi connectivity index (χ0n) is 17.2. The largest absolute Gasteiger partial charge is 0.294 e. The minimum Gasteiger partial charge on any atom is -0.294 e. The zero-order valence-corrected chi connectivity index (χ0v) is 18.0. The highest BCUT2D eigenvalue weighted by Crippen LogP contribution is 2.37. The van der Waals surface area contributed by atoms with Crippen LogP contribution in [-0.2, 0) is 10.2 Å². The van der Waals surface area contributed by atoms with Crippen molar-refractivity contribution in [2.24, 2.45) is 0 Å². The Morgan fingerprint density at radius 1 is 0.767 bits per heavy atom. The fourth-order valence-electron chi connectivity index (χ4n) is 4.86. The Labute approximate surface area is 178 Å². The standard InChI is InChI=1S/C22H28N4O3S/c27-22-19-9-5-7-18-8-6-10-20(21(18)19)26(22)17-23-13-15-25(16-14-23)30(28,29)24-11-3-1-2-4-12-24/h5-10H,1-4,11-17H2. The summed E-state index contributed by atoms with van der Waals surface area (Å²) in [5, 5.41) is 2.10. The van der Waals surface area contributed by atoms with E-state index in [-0.39, 0.29) is 5.91 Å². The lowest BCUT2D eigenvalue weighted by molar-refractivity contribution is 0.0962. The zero-order chi connectivity index (χ0) is 20.7. The van der Waals surface area contributed by atoms with Crippen molar-refractivity contribution in [1.82, 2.24) is 13.5 Å². The third-order valence-corrected chi connectivity index (χ3v) is 8.57. The molecule has 2 fully saturated rings. The van der Waals surface area contributed by atoms with Crippen LogP contribution in [0, 0.1) is 0 Å². The Balaban J connectivity index is 1.26. The van der Waals surface area contributed by atoms with Gasteiger partial charge >= 0.3 is 0 Å². The maximum Gasteiger partial charge on any atom is 0.282 e. The molecule has 0 aromatic heterocycles. The minimum absolute atomic E-state index is 0.0291. The maximum absolute atomic E-state index is 13.0. The summed E-state index contributed by atoms with van der Waals surface area (Å²) in [5.41, 5.74) is 1.71. The van der Waals surface area contributed by atoms with Gasteiger partial charge in [-0.05, 0) is 30.4 Å². The summed E-state index contributed by atoms with van der Waals surface area (Å²) in [6.07, 6.45) is 4.11. The molecule has 0 saturated carbocycles. The molecule has 8 heteroatoms. The highest BCUT2D eigenvalue weighted by atomic mass is 32.2. The first-order valence-electron chi connectivity index (χ1n) is 10.9. The average molecular weight is 429 g/mol. The molecule has 0 bridgehead atoms. The Morgan fingerprint density at radius 2 is 1.40 bits per heavy atom. The van der Waals surface area contributed by atoms with E-state index < -0.39 is 10.2 Å². The minimum atomic E-state index is -3.39. The SMILES string of the molecule is O=C1c2cccc3cccc(c23)N1CN1CCN(S(=O)(=O)N2CCCCCC2)CC1. The molecule has 2 aromatic rings. The number of nitrogens with zero attached hydrogens (tertiary/aromatic N) is 4. The second-order valence-corrected chi connectivity index (χ2v) is 10.3. The fraction of sp³-hybridized carbons (Fsp3) is 0.500. The molecule has 160 valence electrons. The molecule has 0 aliphatic carbocycles. The third kappa shape index (κ3) is 3.41. The van der Waals surface area contributed by atoms with Gasteiger partial charge in [0, 0.05) is 50.2 Å². The monoisotopic (exact) mass is 428 g/mol. The fourth-order valence-corrected chi connectivity index (χ4v) is 6.53. The molecule has 0 unspecified atom stereocenters. The van der Waals surface area contributed by atoms with E-state index in [1.54, 1.807) is 8.61 Å². The van der Waals surface area contributed by atoms with Gasteiger partial charge in [0.05, 0.1) is 12.4 Å². The first-order chi connectivity index (χ1) is 14.6. The summed E-state index contributed by atoms with van der Waals surface area (Å²) in [7, 11) is -3.39. The summed E-state index contributed by atoms with van der Waals surface area (Å²) in [6, 6.07) is 11.9. The van der Waals surface area contributed by atoms with Gasteiger partial charge in [-0.3, -0.25) is 14.6 Å². The van der Waals surface area contributed by atoms with Crippen LogP contribution in [0.3, 0.4) is 0 Å². The van der Waals surface area contributed by atoms with Gasteiger partial charge in [0.15, 0.2) is 0 Å². The molecule has 0 radical (unpaired) electrons. The van der Waals surface area contributed by atoms with Gasteiger partial charge in [-0.2, -0.15) is 17.0 Å². The van der Waals surface area contributed by atoms with Crippen LogP contribution in [0.5, 0.6) is 0 Å². The molecule has 2 saturated heterocycles. The van der Waals surface area contributed by atoms with Crippen molar-refractivity contribution in [2.45, 2.75) is 25.7 Å². The topological polar surface area (TPSA) is 64.2 Å². The van der Waals surface area contributed by atoms with E-state index in [2.05, 4.69) is 4.90 Å². The number of anilines is 1. The van der Waals surface area contributed by atoms with Crippen LogP contribution >= 0.6 is 0 Å². The Bertz CT molecular complexity index is 1050. The Hall–Kier alpha value is -2.00. The second kappa shape index (κ2) is 7.92. The van der Waals surface area contributed by atoms with E-state index in [4.69, 9.17) is 0 Å². The van der Waals surface area contributed by atoms with Crippen LogP contribution in [0.25, 0.3) is 10.8 Å². The smallest absolute Gasteiger partial charge is 0.282 e. The molecule has 5 rings (SSSR count). The molecule has 1 amide bonds. The van der Waals surface area contributed by atoms with Crippen molar-refractivity contribution in [3.63, 3.8) is 0 Å². The van der Waals surface area contributed by atoms with Gasteiger partial charge in [-0.25, -0.2) is 0 Å². The van der Waals surface area contributed by atoms with Crippen molar-refractivity contribution in [3.8, 4) is 0 Å². The predicted molar refractivity (Wildman–Crippen MR) is 118 cm³/mol. The van der Waals surface area contributed by atoms with Crippen LogP contribution < -0.4 is 4.90 Å². The number of carbonyl (C=O) groups excluding carboxylic acids is 1. The molecular formula is C22H28N4O3S. The van der Waals surface area contributed by atoms with E-state index in [1.165, 1.54) is 0 Å². The molecule has 0 spiro atoms. The van der Waals surface area contributed by atoms with Crippen molar-refractivity contribution < 1.29 is 13.2 Å². The number of benzene rings is 2. The van der Waals surface area contributed by atoms with E-state index in [0.717, 1.165) is 47.7 Å². The summed E-state index contributed by atoms with van der Waals surface area (Å²) >= 11 is 0. The van der Waals surface area contributed by atoms with E-state index in [0.29, 0.717) is 45.9 Å². The first kappa shape index (κ1) is 19.9. The molecule has 3 aliphatic heterocycles. The van der Waals surface area contributed by atoms with Gasteiger partial charge in [-0.1, -0.05) is 37.1 Å². The molecule has 3 aliphatic rings. The number of hydrogen-bond acceptors (Lipinski definition) is 4. The Morgan fingerprint density at radius 3 is 2.10 bits per heavy atom. The normalized spacial score (nSPS) is 22.0. The van der Waals surface area contributed by atoms with Gasteiger partial charge in [0.2, 0.25) is 0 Å². The lowest BCUT2D eigenvalue weighted by atomic mass is 10.1. The highest BCUT2D eigenvalue weighted by Gasteiger charge is 2.35. The summed E-state index contributed by atoms with van der Waals surface area (Å²) in [4.78, 5) is 17.0. The second-order valence-electron chi connectivity index (χ2n) is 8.39. The van der Waals surface area contributed by atoms with Crippen molar-refractivity contribution in [2.75, 3.05) is 50.8 Å². The quantitative estimate of drug-likeness (QED) is 0.751. The van der Waals surface area contributed by atoms with Crippen LogP contribution in [-0.4, -0.2) is 73.8 Å². The number of carbonyl (C=O) groups is 1. The molecular weight excluding hydrogens is 400 g/mol. The molecule has 3 heterocycles. The van der Waals surface area contributed by atoms with Crippen LogP contribution in [0.4, 0.5) is 5.69 Å². The third-order valence-electron chi connectivity index (χ3n) is 6.54. The number of hydrogen-bond donors (Lipinski definition) is 0. The van der Waals surface area contributed by atoms with Gasteiger partial charge in [0.25, 0.3) is 16.1 Å². The molecule has 0 N–H and O–H groups in total. The summed E-state index contributed by atoms with van der Waals surface area (Å²) in [5.74, 6) is 0.0291. The molecule has 7 nitrogen and oxygen atoms in total. The van der Waals surface area contributed by atoms with Gasteiger partial charge < -0.3 is 0 Å². The number of piperazine rings is 1. The van der Waals surface area contributed by atoms with Gasteiger partial charge in [-0.15, -0.1) is 0 Å². The molecule has 2 aromatic carbocycles. The van der Waals surface area contributed by atoms with Crippen LogP contribution in [0.2, 0.25) is 0 Å². The lowest BCUT2D eigenvalue weighted by Crippen LogP contribution is -2.55. The molecule has 30 heavy (non-hydrogen) atoms. The van der Waals surface area contributed by atoms with E-state index in [1.807, 2.05) is 41.3 Å². The van der Waals surface area contributed by atoms with Crippen molar-refractivity contribution in [1.29, 1.82) is 0 Å². The Kier molecular flexibility index (Phi) is 5.26. The van der Waals surface area contributed by atoms with Crippen molar-refractivity contribution >= 4 is 32.6 Å². The van der Waals surface area contributed by atoms with Gasteiger partial charge in [0.1, 0.15) is 0 Å². The average Bonchev–Trinajstić information content (AvgIpc) is 2.95. The van der Waals surface area contributed by atoms with Crippen molar-refractivity contribution in [3.05, 3.63) is 42.0 Å². The summed E-state index contributed by atoms with van der Waals surface area (Å²) < 4.78 is 29.4. The first-order valence-corrected chi connectivity index (χ1v) is 12.3. The number of rotatable bonds is 4. The number of amides is 1. The highest BCUT2D eigenvalue weighted by molar-refractivity contribution is 7.86.